The average Bonchev–Trinajstić information content (AvgIpc) is 3.74. The van der Waals surface area contributed by atoms with Gasteiger partial charge in [-0.2, -0.15) is 19.2 Å². The first-order chi connectivity index (χ1) is 23.5. The average molecular weight is 812 g/mol. The van der Waals surface area contributed by atoms with Gasteiger partial charge in [0.25, 0.3) is 0 Å². The standard InChI is InChI=1S/C17H17BrClN5O2.C16H17BrN6/c1-17(2,3)26-16(25)23(10-11-5-4-6-20-8-11)14-7-13(19)22-15-12(18)9-21-24(14)15;17-13-10-21-23-15(20-9-12-2-1-5-18-7-12)6-14(22-16(13)23)19-8-11-3-4-11/h4-9H,10H2,1-3H3;1-2,5-7,10-11,20H,3-4,8-9H2,(H,19,22). The number of pyridine rings is 2. The quantitative estimate of drug-likeness (QED) is 0.139. The zero-order valence-corrected chi connectivity index (χ0v) is 30.9. The molecule has 0 aromatic carbocycles. The van der Waals surface area contributed by atoms with Crippen LogP contribution in [0.4, 0.5) is 22.2 Å². The number of rotatable bonds is 9. The second kappa shape index (κ2) is 15.0. The van der Waals surface area contributed by atoms with Crippen molar-refractivity contribution in [2.24, 2.45) is 5.92 Å². The molecule has 1 aliphatic rings. The molecule has 0 atom stereocenters. The van der Waals surface area contributed by atoms with Crippen molar-refractivity contribution in [1.29, 1.82) is 0 Å². The molecule has 16 heteroatoms. The number of carbonyl (C=O) groups is 1. The van der Waals surface area contributed by atoms with Crippen LogP contribution in [0.1, 0.15) is 44.7 Å². The van der Waals surface area contributed by atoms with Crippen LogP contribution in [0, 0.1) is 5.92 Å². The summed E-state index contributed by atoms with van der Waals surface area (Å²) in [6.07, 6.45) is 12.5. The summed E-state index contributed by atoms with van der Waals surface area (Å²) in [5.74, 6) is 3.03. The number of nitrogens with one attached hydrogen (secondary N) is 2. The molecule has 1 fully saturated rings. The van der Waals surface area contributed by atoms with Gasteiger partial charge in [0.15, 0.2) is 11.3 Å². The van der Waals surface area contributed by atoms with Crippen LogP contribution in [0.3, 0.4) is 0 Å². The maximum absolute atomic E-state index is 12.9. The van der Waals surface area contributed by atoms with Gasteiger partial charge in [-0.1, -0.05) is 23.7 Å². The van der Waals surface area contributed by atoms with E-state index in [1.807, 2.05) is 61.8 Å². The van der Waals surface area contributed by atoms with Crippen molar-refractivity contribution in [3.63, 3.8) is 0 Å². The molecule has 0 radical (unpaired) electrons. The second-order valence-electron chi connectivity index (χ2n) is 12.4. The number of aromatic nitrogens is 8. The van der Waals surface area contributed by atoms with Crippen molar-refractivity contribution in [3.05, 3.63) is 98.8 Å². The van der Waals surface area contributed by atoms with Gasteiger partial charge in [-0.25, -0.2) is 14.8 Å². The summed E-state index contributed by atoms with van der Waals surface area (Å²) < 4.78 is 10.5. The third-order valence-corrected chi connectivity index (χ3v) is 8.54. The van der Waals surface area contributed by atoms with Gasteiger partial charge in [0, 0.05) is 50.0 Å². The first kappa shape index (κ1) is 34.5. The second-order valence-corrected chi connectivity index (χ2v) is 14.5. The van der Waals surface area contributed by atoms with E-state index in [2.05, 4.69) is 72.6 Å². The molecule has 6 aromatic heterocycles. The molecule has 1 aliphatic carbocycles. The molecule has 0 aliphatic heterocycles. The van der Waals surface area contributed by atoms with Gasteiger partial charge in [-0.15, -0.1) is 0 Å². The van der Waals surface area contributed by atoms with Gasteiger partial charge in [0.05, 0.1) is 27.9 Å². The molecule has 0 spiro atoms. The molecular formula is C33H34Br2ClN11O2. The van der Waals surface area contributed by atoms with Gasteiger partial charge < -0.3 is 15.4 Å². The highest BCUT2D eigenvalue weighted by molar-refractivity contribution is 9.11. The summed E-state index contributed by atoms with van der Waals surface area (Å²) in [7, 11) is 0. The maximum Gasteiger partial charge on any atom is 0.416 e. The number of fused-ring (bicyclic) bond motifs is 2. The number of ether oxygens (including phenoxy) is 1. The predicted octanol–water partition coefficient (Wildman–Crippen LogP) is 7.80. The third-order valence-electron chi connectivity index (χ3n) is 7.23. The lowest BCUT2D eigenvalue weighted by atomic mass is 10.2. The Bertz CT molecular complexity index is 2050. The Morgan fingerprint density at radius 2 is 1.59 bits per heavy atom. The Morgan fingerprint density at radius 1 is 0.939 bits per heavy atom. The third kappa shape index (κ3) is 9.02. The molecule has 6 heterocycles. The zero-order valence-electron chi connectivity index (χ0n) is 27.0. The highest BCUT2D eigenvalue weighted by atomic mass is 79.9. The van der Waals surface area contributed by atoms with E-state index in [4.69, 9.17) is 16.3 Å². The monoisotopic (exact) mass is 809 g/mol. The van der Waals surface area contributed by atoms with E-state index >= 15 is 0 Å². The Kier molecular flexibility index (Phi) is 10.6. The van der Waals surface area contributed by atoms with Gasteiger partial charge in [0.2, 0.25) is 0 Å². The number of hydrogen-bond acceptors (Lipinski definition) is 10. The van der Waals surface area contributed by atoms with Crippen molar-refractivity contribution < 1.29 is 9.53 Å². The fraction of sp³-hybridized carbons (Fsp3) is 0.303. The highest BCUT2D eigenvalue weighted by Gasteiger charge is 2.27. The first-order valence-corrected chi connectivity index (χ1v) is 17.5. The number of halogens is 3. The van der Waals surface area contributed by atoms with E-state index < -0.39 is 11.7 Å². The van der Waals surface area contributed by atoms with Crippen LogP contribution < -0.4 is 15.5 Å². The van der Waals surface area contributed by atoms with Crippen LogP contribution in [0.25, 0.3) is 11.3 Å². The van der Waals surface area contributed by atoms with Crippen molar-refractivity contribution >= 4 is 78.3 Å². The molecule has 2 N–H and O–H groups in total. The lowest BCUT2D eigenvalue weighted by Crippen LogP contribution is -2.37. The molecule has 49 heavy (non-hydrogen) atoms. The van der Waals surface area contributed by atoms with Gasteiger partial charge >= 0.3 is 6.09 Å². The van der Waals surface area contributed by atoms with Gasteiger partial charge in [0.1, 0.15) is 28.2 Å². The van der Waals surface area contributed by atoms with Gasteiger partial charge in [-0.05, 0) is 94.7 Å². The minimum Gasteiger partial charge on any atom is -0.443 e. The minimum atomic E-state index is -0.648. The van der Waals surface area contributed by atoms with E-state index in [1.165, 1.54) is 22.3 Å². The Morgan fingerprint density at radius 3 is 2.22 bits per heavy atom. The van der Waals surface area contributed by atoms with Crippen molar-refractivity contribution in [2.75, 3.05) is 22.1 Å². The topological polar surface area (TPSA) is 140 Å². The zero-order chi connectivity index (χ0) is 34.5. The molecular weight excluding hydrogens is 778 g/mol. The number of nitrogens with zero attached hydrogens (tertiary/aromatic N) is 9. The van der Waals surface area contributed by atoms with E-state index in [1.54, 1.807) is 37.1 Å². The Hall–Kier alpha value is -4.34. The van der Waals surface area contributed by atoms with Crippen LogP contribution in [-0.2, 0) is 17.8 Å². The molecule has 0 bridgehead atoms. The molecule has 1 amide bonds. The summed E-state index contributed by atoms with van der Waals surface area (Å²) in [6, 6.07) is 11.3. The molecule has 0 saturated heterocycles. The number of carbonyl (C=O) groups excluding carboxylic acids is 1. The first-order valence-electron chi connectivity index (χ1n) is 15.5. The molecule has 13 nitrogen and oxygen atoms in total. The maximum atomic E-state index is 12.9. The summed E-state index contributed by atoms with van der Waals surface area (Å²) in [5, 5.41) is 15.8. The van der Waals surface area contributed by atoms with Crippen LogP contribution in [0.5, 0.6) is 0 Å². The van der Waals surface area contributed by atoms with E-state index in [0.717, 1.165) is 45.3 Å². The van der Waals surface area contributed by atoms with Crippen LogP contribution in [0.15, 0.2) is 82.5 Å². The molecule has 7 rings (SSSR count). The highest BCUT2D eigenvalue weighted by Crippen LogP contribution is 2.30. The van der Waals surface area contributed by atoms with E-state index in [9.17, 15) is 4.79 Å². The largest absolute Gasteiger partial charge is 0.443 e. The normalized spacial score (nSPS) is 12.8. The summed E-state index contributed by atoms with van der Waals surface area (Å²) in [4.78, 5) is 31.5. The molecule has 1 saturated carbocycles. The van der Waals surface area contributed by atoms with Crippen molar-refractivity contribution in [2.45, 2.75) is 52.3 Å². The smallest absolute Gasteiger partial charge is 0.416 e. The fourth-order valence-corrected chi connectivity index (χ4v) is 5.61. The molecule has 254 valence electrons. The predicted molar refractivity (Wildman–Crippen MR) is 196 cm³/mol. The summed E-state index contributed by atoms with van der Waals surface area (Å²) in [5.41, 5.74) is 2.62. The lowest BCUT2D eigenvalue weighted by molar-refractivity contribution is 0.0575. The van der Waals surface area contributed by atoms with Gasteiger partial charge in [-0.3, -0.25) is 14.9 Å². The Labute approximate surface area is 304 Å². The van der Waals surface area contributed by atoms with Crippen molar-refractivity contribution in [1.82, 2.24) is 39.2 Å². The number of hydrogen-bond donors (Lipinski definition) is 2. The molecule has 0 unspecified atom stereocenters. The van der Waals surface area contributed by atoms with Crippen LogP contribution >= 0.6 is 43.5 Å². The summed E-state index contributed by atoms with van der Waals surface area (Å²) >= 11 is 13.1. The minimum absolute atomic E-state index is 0.244. The van der Waals surface area contributed by atoms with E-state index in [-0.39, 0.29) is 11.7 Å². The van der Waals surface area contributed by atoms with E-state index in [0.29, 0.717) is 22.5 Å². The number of amides is 1. The van der Waals surface area contributed by atoms with Crippen LogP contribution in [-0.4, -0.2) is 57.4 Å². The van der Waals surface area contributed by atoms with Crippen LogP contribution in [0.2, 0.25) is 5.15 Å². The number of anilines is 3. The van der Waals surface area contributed by atoms with Crippen molar-refractivity contribution in [3.8, 4) is 0 Å². The summed E-state index contributed by atoms with van der Waals surface area (Å²) in [6.45, 7) is 7.35. The SMILES string of the molecule is Brc1cnn2c(NCc3cccnc3)cc(NCC3CC3)nc12.CC(C)(C)OC(=O)N(Cc1cccnc1)c1cc(Cl)nc2c(Br)cnn12. The lowest BCUT2D eigenvalue weighted by Gasteiger charge is -2.27. The Balaban J connectivity index is 0.000000171. The fourth-order valence-electron chi connectivity index (χ4n) is 4.73. The molecule has 6 aromatic rings.